The Bertz CT molecular complexity index is 2090. The predicted octanol–water partition coefficient (Wildman–Crippen LogP) is -1.85. The van der Waals surface area contributed by atoms with Gasteiger partial charge in [-0.1, -0.05) is 85.7 Å². The monoisotopic (exact) mass is 1080 g/mol. The van der Waals surface area contributed by atoms with Crippen LogP contribution in [-0.2, 0) is 54.4 Å². The number of aliphatic hydroxyl groups is 1. The number of rotatable bonds is 35. The highest BCUT2D eigenvalue weighted by atomic mass is 32.1. The molecule has 0 aromatic heterocycles. The number of carbonyl (C=O) groups excluding carboxylic acids is 8. The number of guanidine groups is 1. The van der Waals surface area contributed by atoms with Crippen molar-refractivity contribution in [2.75, 3.05) is 18.9 Å². The third-order valence-corrected chi connectivity index (χ3v) is 11.7. The number of carboxylic acid groups (broad SMARTS) is 2. The molecule has 17 N–H and O–H groups in total. The number of thiol groups is 1. The van der Waals surface area contributed by atoms with Gasteiger partial charge < -0.3 is 75.1 Å². The van der Waals surface area contributed by atoms with Gasteiger partial charge in [-0.25, -0.2) is 4.79 Å². The zero-order chi connectivity index (χ0) is 57.1. The number of aliphatic hydroxyl groups excluding tert-OH is 1. The minimum atomic E-state index is -1.70. The molecule has 0 bridgehead atoms. The van der Waals surface area contributed by atoms with Crippen molar-refractivity contribution < 1.29 is 63.3 Å². The molecule has 0 unspecified atom stereocenters. The van der Waals surface area contributed by atoms with Crippen LogP contribution in [0.2, 0.25) is 0 Å². The van der Waals surface area contributed by atoms with E-state index in [4.69, 9.17) is 17.2 Å². The molecule has 0 saturated carbocycles. The largest absolute Gasteiger partial charge is 0.481 e. The third kappa shape index (κ3) is 26.0. The summed E-state index contributed by atoms with van der Waals surface area (Å²) in [5, 5.41) is 49.6. The first-order valence-electron chi connectivity index (χ1n) is 25.0. The molecule has 0 aliphatic carbocycles. The van der Waals surface area contributed by atoms with Crippen LogP contribution >= 0.6 is 12.6 Å². The Kier molecular flexibility index (Phi) is 30.2. The fourth-order valence-electron chi connectivity index (χ4n) is 7.46. The highest BCUT2D eigenvalue weighted by Gasteiger charge is 2.36. The number of aliphatic carboxylic acids is 2. The predicted molar refractivity (Wildman–Crippen MR) is 282 cm³/mol. The second kappa shape index (κ2) is 34.1. The molecule has 1 aromatic carbocycles. The zero-order valence-electron chi connectivity index (χ0n) is 44.2. The molecule has 25 nitrogen and oxygen atoms in total. The smallest absolute Gasteiger partial charge is 0.326 e. The summed E-state index contributed by atoms with van der Waals surface area (Å²) < 4.78 is 0. The van der Waals surface area contributed by atoms with Gasteiger partial charge in [-0.05, 0) is 67.8 Å². The maximum atomic E-state index is 14.2. The first-order chi connectivity index (χ1) is 35.1. The molecule has 0 spiro atoms. The lowest BCUT2D eigenvalue weighted by Crippen LogP contribution is -2.61. The van der Waals surface area contributed by atoms with Gasteiger partial charge in [0.15, 0.2) is 5.96 Å². The molecule has 26 heteroatoms. The van der Waals surface area contributed by atoms with Crippen LogP contribution in [0.4, 0.5) is 0 Å². The second-order valence-corrected chi connectivity index (χ2v) is 20.3. The molecule has 0 aliphatic rings. The van der Waals surface area contributed by atoms with Gasteiger partial charge in [-0.3, -0.25) is 48.1 Å². The summed E-state index contributed by atoms with van der Waals surface area (Å²) >= 11 is 4.28. The van der Waals surface area contributed by atoms with Gasteiger partial charge in [0.05, 0.1) is 12.6 Å². The molecule has 0 heterocycles. The van der Waals surface area contributed by atoms with Gasteiger partial charge >= 0.3 is 11.9 Å². The lowest BCUT2D eigenvalue weighted by molar-refractivity contribution is -0.143. The van der Waals surface area contributed by atoms with Crippen molar-refractivity contribution in [3.05, 3.63) is 35.9 Å². The van der Waals surface area contributed by atoms with Crippen molar-refractivity contribution in [2.45, 2.75) is 161 Å². The lowest BCUT2D eigenvalue weighted by atomic mass is 9.99. The second-order valence-electron chi connectivity index (χ2n) is 19.9. The van der Waals surface area contributed by atoms with Crippen LogP contribution in [0.1, 0.15) is 106 Å². The van der Waals surface area contributed by atoms with Gasteiger partial charge in [0.2, 0.25) is 47.3 Å². The van der Waals surface area contributed by atoms with Gasteiger partial charge in [-0.2, -0.15) is 12.6 Å². The molecule has 422 valence electrons. The maximum absolute atomic E-state index is 14.2. The Morgan fingerprint density at radius 3 is 1.49 bits per heavy atom. The van der Waals surface area contributed by atoms with Crippen molar-refractivity contribution in [3.8, 4) is 0 Å². The molecular weight excluding hydrogens is 997 g/mol. The number of carbonyl (C=O) groups is 10. The Balaban J connectivity index is 3.50. The van der Waals surface area contributed by atoms with Crippen molar-refractivity contribution in [2.24, 2.45) is 45.9 Å². The van der Waals surface area contributed by atoms with Gasteiger partial charge in [0, 0.05) is 25.1 Å². The molecule has 1 rings (SSSR count). The van der Waals surface area contributed by atoms with Crippen LogP contribution in [0.25, 0.3) is 0 Å². The zero-order valence-corrected chi connectivity index (χ0v) is 45.1. The van der Waals surface area contributed by atoms with E-state index in [0.29, 0.717) is 12.0 Å². The quantitative estimate of drug-likeness (QED) is 0.0154. The Labute approximate surface area is 444 Å². The van der Waals surface area contributed by atoms with E-state index in [1.165, 1.54) is 0 Å². The minimum absolute atomic E-state index is 0.0368. The summed E-state index contributed by atoms with van der Waals surface area (Å²) in [5.41, 5.74) is 17.5. The summed E-state index contributed by atoms with van der Waals surface area (Å²) in [7, 11) is 0. The molecule has 9 atom stereocenters. The van der Waals surface area contributed by atoms with E-state index in [-0.39, 0.29) is 68.1 Å². The van der Waals surface area contributed by atoms with Crippen molar-refractivity contribution in [3.63, 3.8) is 0 Å². The number of hydrogen-bond donors (Lipinski definition) is 15. The van der Waals surface area contributed by atoms with Crippen LogP contribution in [0.5, 0.6) is 0 Å². The van der Waals surface area contributed by atoms with Gasteiger partial charge in [0.25, 0.3) is 0 Å². The SMILES string of the molecule is CC(C)C[C@H](NC(=O)[C@@H](NC(=O)[C@H](CCCN=C(N)N)NC(=O)[C@H](CS)NC(=O)[C@H](Cc1ccccc1)NC(=O)[C@H](CCC(=O)O)NC(=O)[C@H](CO)NC(=O)[C@H](CC(C)C)NC(=O)[C@@H](N)CC(C)C)C(C)C)C(=O)O. The molecule has 1 aromatic rings. The molecule has 0 aliphatic heterocycles. The Hall–Kier alpha value is -6.54. The van der Waals surface area contributed by atoms with E-state index in [9.17, 15) is 63.3 Å². The van der Waals surface area contributed by atoms with Crippen LogP contribution in [0.15, 0.2) is 35.3 Å². The lowest BCUT2D eigenvalue weighted by Gasteiger charge is -2.28. The highest BCUT2D eigenvalue weighted by Crippen LogP contribution is 2.12. The summed E-state index contributed by atoms with van der Waals surface area (Å²) in [6, 6.07) is -4.02. The number of nitrogens with two attached hydrogens (primary N) is 3. The van der Waals surface area contributed by atoms with E-state index in [0.717, 1.165) is 0 Å². The average molecular weight is 1080 g/mol. The number of hydrogen-bond acceptors (Lipinski definition) is 14. The Morgan fingerprint density at radius 1 is 0.547 bits per heavy atom. The van der Waals surface area contributed by atoms with Crippen LogP contribution in [0, 0.1) is 23.7 Å². The molecule has 8 amide bonds. The standard InChI is InChI=1S/C49H82N12O13S/c1-25(2)19-30(50)40(65)56-33(20-26(3)4)43(68)59-36(23-62)45(70)55-32(16-17-38(63)64)41(66)57-34(22-29-13-10-9-11-14-29)44(69)60-37(24-75)46(71)54-31(15-12-18-53-49(51)52)42(67)61-39(28(7)8)47(72)58-35(48(73)74)21-27(5)6/h9-11,13-14,25-28,30-37,39,62,75H,12,15-24,50H2,1-8H3,(H,54,71)(H,55,70)(H,56,65)(H,57,66)(H,58,72)(H,59,68)(H,60,69)(H,61,67)(H,63,64)(H,73,74)(H4,51,52,53)/t30-,31-,32-,33-,34-,35-,36-,37-,39-/m0/s1. The van der Waals surface area contributed by atoms with E-state index < -0.39 is 139 Å². The number of carboxylic acids is 2. The molecular formula is C49H82N12O13S. The summed E-state index contributed by atoms with van der Waals surface area (Å²) in [6.45, 7) is 13.2. The number of amides is 8. The molecule has 0 fully saturated rings. The molecule has 0 saturated heterocycles. The summed E-state index contributed by atoms with van der Waals surface area (Å²) in [6.07, 6.45) is -0.757. The third-order valence-electron chi connectivity index (χ3n) is 11.4. The van der Waals surface area contributed by atoms with Crippen molar-refractivity contribution in [1.82, 2.24) is 42.5 Å². The van der Waals surface area contributed by atoms with Crippen LogP contribution in [0.3, 0.4) is 0 Å². The maximum Gasteiger partial charge on any atom is 0.326 e. The van der Waals surface area contributed by atoms with E-state index >= 15 is 0 Å². The normalized spacial score (nSPS) is 14.9. The number of benzene rings is 1. The Morgan fingerprint density at radius 2 is 0.987 bits per heavy atom. The number of nitrogens with zero attached hydrogens (tertiary/aromatic N) is 1. The van der Waals surface area contributed by atoms with E-state index in [2.05, 4.69) is 60.2 Å². The fraction of sp³-hybridized carbons (Fsp3) is 0.653. The van der Waals surface area contributed by atoms with Crippen molar-refractivity contribution >= 4 is 77.8 Å². The van der Waals surface area contributed by atoms with Crippen molar-refractivity contribution in [1.29, 1.82) is 0 Å². The van der Waals surface area contributed by atoms with Crippen LogP contribution < -0.4 is 59.7 Å². The van der Waals surface area contributed by atoms with Gasteiger partial charge in [0.1, 0.15) is 48.3 Å². The first-order valence-corrected chi connectivity index (χ1v) is 25.7. The topological polar surface area (TPSA) is 418 Å². The van der Waals surface area contributed by atoms with E-state index in [1.807, 2.05) is 13.8 Å². The average Bonchev–Trinajstić information content (AvgIpc) is 3.32. The number of aliphatic imine (C=N–C) groups is 1. The molecule has 75 heavy (non-hydrogen) atoms. The number of nitrogens with one attached hydrogen (secondary N) is 8. The fourth-order valence-corrected chi connectivity index (χ4v) is 7.71. The van der Waals surface area contributed by atoms with Gasteiger partial charge in [-0.15, -0.1) is 0 Å². The summed E-state index contributed by atoms with van der Waals surface area (Å²) in [5.74, 6) is -11.0. The molecule has 0 radical (unpaired) electrons. The first kappa shape index (κ1) is 66.5. The minimum Gasteiger partial charge on any atom is -0.481 e. The van der Waals surface area contributed by atoms with E-state index in [1.54, 1.807) is 71.9 Å². The highest BCUT2D eigenvalue weighted by molar-refractivity contribution is 7.80. The van der Waals surface area contributed by atoms with Crippen LogP contribution in [-0.4, -0.2) is 154 Å². The summed E-state index contributed by atoms with van der Waals surface area (Å²) in [4.78, 5) is 137.